The molecule has 48 valence electrons. The van der Waals surface area contributed by atoms with Crippen molar-refractivity contribution in [2.24, 2.45) is 0 Å². The Morgan fingerprint density at radius 3 is 2.89 bits per heavy atom. The van der Waals surface area contributed by atoms with Crippen molar-refractivity contribution in [3.05, 3.63) is 24.0 Å². The predicted molar refractivity (Wildman–Crippen MR) is 35.3 cm³/mol. The fourth-order valence-electron chi connectivity index (χ4n) is 0.714. The standard InChI is InChI=1S/C7H9NO/c1-2-6-3-4-8-5-7(6)9/h3-5,9H,2H2,1H3. The molecule has 0 saturated carbocycles. The van der Waals surface area contributed by atoms with Gasteiger partial charge in [-0.1, -0.05) is 6.92 Å². The molecule has 0 aliphatic carbocycles. The number of pyridine rings is 1. The molecule has 0 unspecified atom stereocenters. The molecular formula is C7H9NO. The van der Waals surface area contributed by atoms with E-state index in [1.165, 1.54) is 6.20 Å². The third-order valence-corrected chi connectivity index (χ3v) is 1.27. The topological polar surface area (TPSA) is 33.1 Å². The third-order valence-electron chi connectivity index (χ3n) is 1.27. The number of aromatic hydroxyl groups is 1. The van der Waals surface area contributed by atoms with Crippen LogP contribution < -0.4 is 0 Å². The molecule has 0 spiro atoms. The van der Waals surface area contributed by atoms with Crippen LogP contribution in [0.25, 0.3) is 0 Å². The summed E-state index contributed by atoms with van der Waals surface area (Å²) in [4.78, 5) is 3.74. The second kappa shape index (κ2) is 2.49. The van der Waals surface area contributed by atoms with Crippen molar-refractivity contribution in [3.63, 3.8) is 0 Å². The van der Waals surface area contributed by atoms with E-state index in [4.69, 9.17) is 5.11 Å². The summed E-state index contributed by atoms with van der Waals surface area (Å²) in [5.41, 5.74) is 0.949. The van der Waals surface area contributed by atoms with Crippen LogP contribution in [0.2, 0.25) is 0 Å². The van der Waals surface area contributed by atoms with Crippen molar-refractivity contribution in [1.29, 1.82) is 0 Å². The van der Waals surface area contributed by atoms with Crippen LogP contribution in [0, 0.1) is 0 Å². The maximum Gasteiger partial charge on any atom is 0.137 e. The Balaban J connectivity index is 3.01. The van der Waals surface area contributed by atoms with E-state index >= 15 is 0 Å². The van der Waals surface area contributed by atoms with Crippen molar-refractivity contribution in [2.45, 2.75) is 13.3 Å². The minimum Gasteiger partial charge on any atom is -0.506 e. The number of hydrogen-bond donors (Lipinski definition) is 1. The van der Waals surface area contributed by atoms with E-state index in [0.717, 1.165) is 12.0 Å². The fourth-order valence-corrected chi connectivity index (χ4v) is 0.714. The highest BCUT2D eigenvalue weighted by Crippen LogP contribution is 2.13. The average Bonchev–Trinajstić information content (AvgIpc) is 1.89. The molecule has 2 nitrogen and oxygen atoms in total. The Kier molecular flexibility index (Phi) is 1.68. The highest BCUT2D eigenvalue weighted by Gasteiger charge is 1.93. The predicted octanol–water partition coefficient (Wildman–Crippen LogP) is 1.35. The Bertz CT molecular complexity index is 198. The lowest BCUT2D eigenvalue weighted by atomic mass is 10.2. The number of aryl methyl sites for hydroxylation is 1. The van der Waals surface area contributed by atoms with Crippen LogP contribution >= 0.6 is 0 Å². The molecule has 0 atom stereocenters. The first-order chi connectivity index (χ1) is 4.34. The molecule has 9 heavy (non-hydrogen) atoms. The molecule has 1 heterocycles. The molecule has 2 heteroatoms. The van der Waals surface area contributed by atoms with Gasteiger partial charge in [0.05, 0.1) is 6.20 Å². The molecule has 1 rings (SSSR count). The van der Waals surface area contributed by atoms with Gasteiger partial charge >= 0.3 is 0 Å². The molecule has 0 saturated heterocycles. The summed E-state index contributed by atoms with van der Waals surface area (Å²) < 4.78 is 0. The van der Waals surface area contributed by atoms with Gasteiger partial charge in [-0.25, -0.2) is 0 Å². The van der Waals surface area contributed by atoms with E-state index in [0.29, 0.717) is 5.75 Å². The second-order valence-electron chi connectivity index (χ2n) is 1.86. The number of hydrogen-bond acceptors (Lipinski definition) is 2. The van der Waals surface area contributed by atoms with E-state index in [2.05, 4.69) is 4.98 Å². The maximum atomic E-state index is 9.05. The monoisotopic (exact) mass is 123 g/mol. The molecule has 0 aliphatic heterocycles. The maximum absolute atomic E-state index is 9.05. The summed E-state index contributed by atoms with van der Waals surface area (Å²) in [6.45, 7) is 2.00. The van der Waals surface area contributed by atoms with Crippen LogP contribution in [0.4, 0.5) is 0 Å². The second-order valence-corrected chi connectivity index (χ2v) is 1.86. The van der Waals surface area contributed by atoms with Gasteiger partial charge in [0.25, 0.3) is 0 Å². The first-order valence-corrected chi connectivity index (χ1v) is 2.96. The fraction of sp³-hybridized carbons (Fsp3) is 0.286. The zero-order chi connectivity index (χ0) is 6.69. The first-order valence-electron chi connectivity index (χ1n) is 2.96. The average molecular weight is 123 g/mol. The van der Waals surface area contributed by atoms with Gasteiger partial charge in [0.15, 0.2) is 0 Å². The summed E-state index contributed by atoms with van der Waals surface area (Å²) >= 11 is 0. The normalized spacial score (nSPS) is 9.44. The van der Waals surface area contributed by atoms with E-state index in [1.54, 1.807) is 6.20 Å². The van der Waals surface area contributed by atoms with Crippen molar-refractivity contribution in [1.82, 2.24) is 4.98 Å². The van der Waals surface area contributed by atoms with Gasteiger partial charge < -0.3 is 5.11 Å². The van der Waals surface area contributed by atoms with Crippen molar-refractivity contribution < 1.29 is 5.11 Å². The Morgan fingerprint density at radius 2 is 2.44 bits per heavy atom. The molecule has 1 aromatic heterocycles. The molecular weight excluding hydrogens is 114 g/mol. The molecule has 0 radical (unpaired) electrons. The van der Waals surface area contributed by atoms with Gasteiger partial charge in [-0.2, -0.15) is 0 Å². The number of nitrogens with zero attached hydrogens (tertiary/aromatic N) is 1. The van der Waals surface area contributed by atoms with E-state index in [1.807, 2.05) is 13.0 Å². The van der Waals surface area contributed by atoms with Crippen molar-refractivity contribution >= 4 is 0 Å². The van der Waals surface area contributed by atoms with Gasteiger partial charge in [-0.3, -0.25) is 4.98 Å². The van der Waals surface area contributed by atoms with E-state index < -0.39 is 0 Å². The van der Waals surface area contributed by atoms with Crippen molar-refractivity contribution in [3.8, 4) is 5.75 Å². The molecule has 0 aromatic carbocycles. The largest absolute Gasteiger partial charge is 0.506 e. The molecule has 0 bridgehead atoms. The zero-order valence-electron chi connectivity index (χ0n) is 5.33. The highest BCUT2D eigenvalue weighted by molar-refractivity contribution is 5.27. The van der Waals surface area contributed by atoms with Gasteiger partial charge in [0.2, 0.25) is 0 Å². The molecule has 1 N–H and O–H groups in total. The number of aromatic nitrogens is 1. The Hall–Kier alpha value is -1.05. The lowest BCUT2D eigenvalue weighted by Crippen LogP contribution is -1.80. The van der Waals surface area contributed by atoms with Crippen LogP contribution in [0.1, 0.15) is 12.5 Å². The summed E-state index contributed by atoms with van der Waals surface area (Å²) in [5.74, 6) is 0.292. The van der Waals surface area contributed by atoms with Crippen molar-refractivity contribution in [2.75, 3.05) is 0 Å². The summed E-state index contributed by atoms with van der Waals surface area (Å²) in [5, 5.41) is 9.05. The quantitative estimate of drug-likeness (QED) is 0.611. The highest BCUT2D eigenvalue weighted by atomic mass is 16.3. The minimum absolute atomic E-state index is 0.292. The van der Waals surface area contributed by atoms with Gasteiger partial charge in [0.1, 0.15) is 5.75 Å². The van der Waals surface area contributed by atoms with E-state index in [9.17, 15) is 0 Å². The summed E-state index contributed by atoms with van der Waals surface area (Å²) in [7, 11) is 0. The Labute approximate surface area is 54.2 Å². The van der Waals surface area contributed by atoms with Gasteiger partial charge in [-0.05, 0) is 18.1 Å². The van der Waals surface area contributed by atoms with Crippen LogP contribution in [-0.4, -0.2) is 10.1 Å². The van der Waals surface area contributed by atoms with Crippen LogP contribution in [0.15, 0.2) is 18.5 Å². The van der Waals surface area contributed by atoms with Crippen LogP contribution in [0.3, 0.4) is 0 Å². The molecule has 0 aliphatic rings. The molecule has 0 fully saturated rings. The zero-order valence-corrected chi connectivity index (χ0v) is 5.33. The van der Waals surface area contributed by atoms with E-state index in [-0.39, 0.29) is 0 Å². The molecule has 0 amide bonds. The van der Waals surface area contributed by atoms with Gasteiger partial charge in [-0.15, -0.1) is 0 Å². The smallest absolute Gasteiger partial charge is 0.137 e. The molecule has 1 aromatic rings. The minimum atomic E-state index is 0.292. The van der Waals surface area contributed by atoms with Gasteiger partial charge in [0, 0.05) is 6.20 Å². The van der Waals surface area contributed by atoms with Crippen LogP contribution in [0.5, 0.6) is 5.75 Å². The SMILES string of the molecule is CCc1ccncc1O. The summed E-state index contributed by atoms with van der Waals surface area (Å²) in [6, 6.07) is 1.81. The third kappa shape index (κ3) is 1.19. The first kappa shape index (κ1) is 6.08. The number of rotatable bonds is 1. The summed E-state index contributed by atoms with van der Waals surface area (Å²) in [6.07, 6.45) is 3.99. The Morgan fingerprint density at radius 1 is 1.67 bits per heavy atom. The lowest BCUT2D eigenvalue weighted by molar-refractivity contribution is 0.466. The lowest BCUT2D eigenvalue weighted by Gasteiger charge is -1.96. The van der Waals surface area contributed by atoms with Crippen LogP contribution in [-0.2, 0) is 6.42 Å².